The van der Waals surface area contributed by atoms with E-state index >= 15 is 0 Å². The average Bonchev–Trinajstić information content (AvgIpc) is 2.70. The van der Waals surface area contributed by atoms with Crippen molar-refractivity contribution >= 4 is 33.5 Å². The van der Waals surface area contributed by atoms with Crippen LogP contribution in [0, 0.1) is 0 Å². The number of nitrogens with zero attached hydrogens (tertiary/aromatic N) is 1. The molecule has 0 bridgehead atoms. The third-order valence-corrected chi connectivity index (χ3v) is 7.32. The van der Waals surface area contributed by atoms with Crippen molar-refractivity contribution in [1.82, 2.24) is 9.62 Å². The van der Waals surface area contributed by atoms with Crippen molar-refractivity contribution in [2.45, 2.75) is 96.0 Å². The Kier molecular flexibility index (Phi) is 9.18. The van der Waals surface area contributed by atoms with Gasteiger partial charge in [0.2, 0.25) is 10.0 Å². The molecule has 0 saturated carbocycles. The normalized spacial score (nSPS) is 17.6. The standard InChI is InChI=1S/C24H37ClN2O6S/c1-16(32-23(2,3)4)20(22(29)33-24(5,6)7)26-21(28)18-15-17(11-12-19(18)25)34(30,31)27-13-9-8-10-14-27/h11-12,15-16,20H,8-10,13-14H2,1-7H3,(H,26,28)/t16-,20+/m1/s1. The smallest absolute Gasteiger partial charge is 0.331 e. The fourth-order valence-corrected chi connectivity index (χ4v) is 5.42. The molecule has 1 aromatic carbocycles. The molecule has 1 aliphatic rings. The number of carbonyl (C=O) groups is 2. The first kappa shape index (κ1) is 28.6. The molecule has 1 aromatic rings. The molecule has 8 nitrogen and oxygen atoms in total. The zero-order valence-electron chi connectivity index (χ0n) is 21.1. The molecule has 34 heavy (non-hydrogen) atoms. The Balaban J connectivity index is 2.35. The number of ether oxygens (including phenoxy) is 2. The van der Waals surface area contributed by atoms with Gasteiger partial charge in [-0.15, -0.1) is 0 Å². The second kappa shape index (κ2) is 10.9. The van der Waals surface area contributed by atoms with Crippen LogP contribution in [0.2, 0.25) is 5.02 Å². The lowest BCUT2D eigenvalue weighted by molar-refractivity contribution is -0.164. The quantitative estimate of drug-likeness (QED) is 0.546. The van der Waals surface area contributed by atoms with Gasteiger partial charge in [0.1, 0.15) is 5.60 Å². The highest BCUT2D eigenvalue weighted by atomic mass is 35.5. The zero-order valence-corrected chi connectivity index (χ0v) is 22.7. The number of halogens is 1. The SMILES string of the molecule is C[C@@H](OC(C)(C)C)[C@H](NC(=O)c1cc(S(=O)(=O)N2CCCCC2)ccc1Cl)C(=O)OC(C)(C)C. The van der Waals surface area contributed by atoms with Gasteiger partial charge in [0, 0.05) is 13.1 Å². The summed E-state index contributed by atoms with van der Waals surface area (Å²) in [6.07, 6.45) is 1.85. The van der Waals surface area contributed by atoms with Crippen LogP contribution in [0.3, 0.4) is 0 Å². The van der Waals surface area contributed by atoms with Crippen molar-refractivity contribution in [3.63, 3.8) is 0 Å². The lowest BCUT2D eigenvalue weighted by Crippen LogP contribution is -2.52. The van der Waals surface area contributed by atoms with Gasteiger partial charge in [-0.05, 0) is 79.5 Å². The summed E-state index contributed by atoms with van der Waals surface area (Å²) in [7, 11) is -3.77. The number of nitrogens with one attached hydrogen (secondary N) is 1. The predicted molar refractivity (Wildman–Crippen MR) is 131 cm³/mol. The van der Waals surface area contributed by atoms with Crippen molar-refractivity contribution in [1.29, 1.82) is 0 Å². The van der Waals surface area contributed by atoms with Crippen LogP contribution in [0.25, 0.3) is 0 Å². The lowest BCUT2D eigenvalue weighted by atomic mass is 10.1. The van der Waals surface area contributed by atoms with Gasteiger partial charge in [0.05, 0.1) is 27.2 Å². The maximum atomic E-state index is 13.2. The number of rotatable bonds is 7. The number of carbonyl (C=O) groups excluding carboxylic acids is 2. The molecule has 0 aromatic heterocycles. The Morgan fingerprint density at radius 1 is 1.03 bits per heavy atom. The van der Waals surface area contributed by atoms with Crippen molar-refractivity contribution in [3.05, 3.63) is 28.8 Å². The topological polar surface area (TPSA) is 102 Å². The molecule has 1 heterocycles. The maximum absolute atomic E-state index is 13.2. The average molecular weight is 517 g/mol. The number of hydrogen-bond donors (Lipinski definition) is 1. The first-order valence-corrected chi connectivity index (χ1v) is 13.3. The van der Waals surface area contributed by atoms with Crippen LogP contribution >= 0.6 is 11.6 Å². The van der Waals surface area contributed by atoms with E-state index in [2.05, 4.69) is 5.32 Å². The minimum atomic E-state index is -3.77. The molecular formula is C24H37ClN2O6S. The fourth-order valence-electron chi connectivity index (χ4n) is 3.67. The number of benzene rings is 1. The van der Waals surface area contributed by atoms with Gasteiger partial charge in [0.15, 0.2) is 6.04 Å². The number of piperidine rings is 1. The van der Waals surface area contributed by atoms with Crippen LogP contribution < -0.4 is 5.32 Å². The Bertz CT molecular complexity index is 992. The van der Waals surface area contributed by atoms with Gasteiger partial charge < -0.3 is 14.8 Å². The van der Waals surface area contributed by atoms with E-state index in [1.54, 1.807) is 27.7 Å². The Hall–Kier alpha value is -1.68. The highest BCUT2D eigenvalue weighted by Gasteiger charge is 2.35. The minimum absolute atomic E-state index is 0.0169. The van der Waals surface area contributed by atoms with Crippen LogP contribution in [-0.4, -0.2) is 61.0 Å². The zero-order chi connectivity index (χ0) is 25.9. The van der Waals surface area contributed by atoms with Crippen molar-refractivity contribution < 1.29 is 27.5 Å². The summed E-state index contributed by atoms with van der Waals surface area (Å²) >= 11 is 6.27. The lowest BCUT2D eigenvalue weighted by Gasteiger charge is -2.32. The molecule has 0 radical (unpaired) electrons. The Morgan fingerprint density at radius 3 is 2.15 bits per heavy atom. The Labute approximate surface area is 208 Å². The van der Waals surface area contributed by atoms with Crippen LogP contribution in [0.4, 0.5) is 0 Å². The van der Waals surface area contributed by atoms with Gasteiger partial charge in [-0.3, -0.25) is 4.79 Å². The predicted octanol–water partition coefficient (Wildman–Crippen LogP) is 4.16. The first-order chi connectivity index (χ1) is 15.5. The summed E-state index contributed by atoms with van der Waals surface area (Å²) < 4.78 is 39.0. The van der Waals surface area contributed by atoms with Crippen LogP contribution in [0.15, 0.2) is 23.1 Å². The molecule has 1 amide bonds. The second-order valence-electron chi connectivity index (χ2n) is 10.5. The largest absolute Gasteiger partial charge is 0.458 e. The minimum Gasteiger partial charge on any atom is -0.458 e. The summed E-state index contributed by atoms with van der Waals surface area (Å²) in [5.74, 6) is -1.35. The molecule has 1 aliphatic heterocycles. The summed E-state index contributed by atoms with van der Waals surface area (Å²) in [6.45, 7) is 13.2. The van der Waals surface area contributed by atoms with E-state index in [1.807, 2.05) is 20.8 Å². The highest BCUT2D eigenvalue weighted by molar-refractivity contribution is 7.89. The van der Waals surface area contributed by atoms with Gasteiger partial charge in [-0.1, -0.05) is 18.0 Å². The number of esters is 1. The van der Waals surface area contributed by atoms with Gasteiger partial charge in [-0.25, -0.2) is 13.2 Å². The molecule has 2 atom stereocenters. The fraction of sp³-hybridized carbons (Fsp3) is 0.667. The number of hydrogen-bond acceptors (Lipinski definition) is 6. The summed E-state index contributed by atoms with van der Waals surface area (Å²) in [4.78, 5) is 26.1. The number of amides is 1. The summed E-state index contributed by atoms with van der Waals surface area (Å²) in [6, 6.07) is 2.89. The van der Waals surface area contributed by atoms with Crippen molar-refractivity contribution in [2.75, 3.05) is 13.1 Å². The maximum Gasteiger partial charge on any atom is 0.331 e. The molecule has 0 unspecified atom stereocenters. The second-order valence-corrected chi connectivity index (χ2v) is 12.9. The monoisotopic (exact) mass is 516 g/mol. The molecule has 0 aliphatic carbocycles. The third-order valence-electron chi connectivity index (χ3n) is 5.09. The molecule has 2 rings (SSSR count). The van der Waals surface area contributed by atoms with Crippen LogP contribution in [0.5, 0.6) is 0 Å². The molecular weight excluding hydrogens is 480 g/mol. The van der Waals surface area contributed by atoms with Gasteiger partial charge >= 0.3 is 5.97 Å². The van der Waals surface area contributed by atoms with Gasteiger partial charge in [-0.2, -0.15) is 4.31 Å². The third kappa shape index (κ3) is 7.93. The number of sulfonamides is 1. The van der Waals surface area contributed by atoms with E-state index in [4.69, 9.17) is 21.1 Å². The molecule has 0 spiro atoms. The first-order valence-electron chi connectivity index (χ1n) is 11.5. The molecule has 1 N–H and O–H groups in total. The molecule has 1 fully saturated rings. The molecule has 1 saturated heterocycles. The summed E-state index contributed by atoms with van der Waals surface area (Å²) in [5, 5.41) is 2.72. The van der Waals surface area contributed by atoms with Crippen molar-refractivity contribution in [2.24, 2.45) is 0 Å². The van der Waals surface area contributed by atoms with E-state index in [-0.39, 0.29) is 15.5 Å². The van der Waals surface area contributed by atoms with Gasteiger partial charge in [0.25, 0.3) is 5.91 Å². The van der Waals surface area contributed by atoms with E-state index in [1.165, 1.54) is 22.5 Å². The van der Waals surface area contributed by atoms with E-state index in [0.29, 0.717) is 13.1 Å². The van der Waals surface area contributed by atoms with E-state index in [0.717, 1.165) is 19.3 Å². The molecule has 192 valence electrons. The van der Waals surface area contributed by atoms with Crippen LogP contribution in [-0.2, 0) is 24.3 Å². The van der Waals surface area contributed by atoms with E-state index in [9.17, 15) is 18.0 Å². The molecule has 10 heteroatoms. The Morgan fingerprint density at radius 2 is 1.62 bits per heavy atom. The van der Waals surface area contributed by atoms with Crippen molar-refractivity contribution in [3.8, 4) is 0 Å². The highest BCUT2D eigenvalue weighted by Crippen LogP contribution is 2.26. The van der Waals surface area contributed by atoms with E-state index < -0.39 is 45.2 Å². The van der Waals surface area contributed by atoms with Crippen LogP contribution in [0.1, 0.15) is 78.1 Å². The summed E-state index contributed by atoms with van der Waals surface area (Å²) in [5.41, 5.74) is -1.40.